The summed E-state index contributed by atoms with van der Waals surface area (Å²) in [6.45, 7) is 3.02. The molecule has 0 spiro atoms. The van der Waals surface area contributed by atoms with Crippen molar-refractivity contribution in [1.29, 1.82) is 0 Å². The molecule has 4 nitrogen and oxygen atoms in total. The minimum absolute atomic E-state index is 0.448. The van der Waals surface area contributed by atoms with Crippen LogP contribution in [0.25, 0.3) is 0 Å². The molecule has 0 fully saturated rings. The van der Waals surface area contributed by atoms with Crippen LogP contribution in [-0.2, 0) is 0 Å². The van der Waals surface area contributed by atoms with E-state index in [4.69, 9.17) is 11.5 Å². The first-order chi connectivity index (χ1) is 7.61. The van der Waals surface area contributed by atoms with Gasteiger partial charge in [-0.3, -0.25) is 4.79 Å². The zero-order chi connectivity index (χ0) is 12.1. The first-order valence-corrected chi connectivity index (χ1v) is 7.15. The zero-order valence-corrected chi connectivity index (χ0v) is 11.1. The Morgan fingerprint density at radius 1 is 1.56 bits per heavy atom. The molecule has 16 heavy (non-hydrogen) atoms. The molecule has 1 aromatic heterocycles. The number of nitrogens with one attached hydrogen (secondary N) is 1. The van der Waals surface area contributed by atoms with Gasteiger partial charge in [0.2, 0.25) is 0 Å². The van der Waals surface area contributed by atoms with Gasteiger partial charge in [-0.25, -0.2) is 0 Å². The van der Waals surface area contributed by atoms with Crippen molar-refractivity contribution in [3.05, 3.63) is 4.88 Å². The molecule has 0 aliphatic carbocycles. The van der Waals surface area contributed by atoms with Crippen LogP contribution in [0.15, 0.2) is 4.90 Å². The van der Waals surface area contributed by atoms with Crippen molar-refractivity contribution in [2.45, 2.75) is 24.7 Å². The van der Waals surface area contributed by atoms with Crippen molar-refractivity contribution >= 4 is 39.7 Å². The average molecular weight is 259 g/mol. The predicted octanol–water partition coefficient (Wildman–Crippen LogP) is 2.36. The maximum atomic E-state index is 11.1. The van der Waals surface area contributed by atoms with Crippen LogP contribution < -0.4 is 16.8 Å². The van der Waals surface area contributed by atoms with Gasteiger partial charge in [0.15, 0.2) is 0 Å². The van der Waals surface area contributed by atoms with Crippen LogP contribution in [0.4, 0.5) is 10.7 Å². The molecule has 0 aromatic carbocycles. The highest BCUT2D eigenvalue weighted by Crippen LogP contribution is 2.41. The second-order valence-corrected chi connectivity index (χ2v) is 5.19. The van der Waals surface area contributed by atoms with E-state index in [1.54, 1.807) is 0 Å². The van der Waals surface area contributed by atoms with Crippen molar-refractivity contribution in [2.24, 2.45) is 5.73 Å². The van der Waals surface area contributed by atoms with Gasteiger partial charge in [-0.05, 0) is 12.7 Å². The van der Waals surface area contributed by atoms with Gasteiger partial charge in [-0.15, -0.1) is 23.1 Å². The molecule has 0 radical (unpaired) electrons. The molecule has 1 aromatic rings. The second-order valence-electron chi connectivity index (χ2n) is 3.35. The summed E-state index contributed by atoms with van der Waals surface area (Å²) in [5.41, 5.74) is 11.6. The molecule has 0 aliphatic heterocycles. The number of thiophene rings is 1. The van der Waals surface area contributed by atoms with Crippen molar-refractivity contribution in [3.63, 3.8) is 0 Å². The summed E-state index contributed by atoms with van der Waals surface area (Å²) in [6, 6.07) is 0. The molecule has 0 bridgehead atoms. The number of unbranched alkanes of at least 4 members (excludes halogenated alkanes) is 1. The summed E-state index contributed by atoms with van der Waals surface area (Å²) in [5.74, 6) is -0.457. The largest absolute Gasteiger partial charge is 0.396 e. The van der Waals surface area contributed by atoms with Crippen molar-refractivity contribution in [3.8, 4) is 0 Å². The zero-order valence-electron chi connectivity index (χ0n) is 9.50. The van der Waals surface area contributed by atoms with Crippen LogP contribution in [-0.4, -0.2) is 18.7 Å². The van der Waals surface area contributed by atoms with Crippen molar-refractivity contribution < 1.29 is 4.79 Å². The van der Waals surface area contributed by atoms with Crippen LogP contribution in [0.1, 0.15) is 29.4 Å². The fourth-order valence-corrected chi connectivity index (χ4v) is 3.22. The standard InChI is InChI=1S/C10H17N3OS2/c1-3-4-5-13-10-8(15-2)6(11)7(16-10)9(12)14/h13H,3-5,11H2,1-2H3,(H2,12,14). The van der Waals surface area contributed by atoms with Crippen LogP contribution >= 0.6 is 23.1 Å². The minimum atomic E-state index is -0.457. The average Bonchev–Trinajstić information content (AvgIpc) is 2.55. The van der Waals surface area contributed by atoms with E-state index in [0.29, 0.717) is 10.6 Å². The van der Waals surface area contributed by atoms with E-state index < -0.39 is 5.91 Å². The lowest BCUT2D eigenvalue weighted by molar-refractivity contribution is 0.100. The molecule has 0 aliphatic rings. The number of nitrogens with two attached hydrogens (primary N) is 2. The van der Waals surface area contributed by atoms with Crippen molar-refractivity contribution in [2.75, 3.05) is 23.9 Å². The monoisotopic (exact) mass is 259 g/mol. The Labute approximate surface area is 104 Å². The molecule has 0 atom stereocenters. The lowest BCUT2D eigenvalue weighted by atomic mass is 10.3. The van der Waals surface area contributed by atoms with Crippen molar-refractivity contribution in [1.82, 2.24) is 0 Å². The van der Waals surface area contributed by atoms with Gasteiger partial charge in [0.25, 0.3) is 5.91 Å². The lowest BCUT2D eigenvalue weighted by Crippen LogP contribution is -2.10. The number of nitrogen functional groups attached to an aromatic ring is 1. The molecule has 90 valence electrons. The quantitative estimate of drug-likeness (QED) is 0.541. The first-order valence-electron chi connectivity index (χ1n) is 5.11. The van der Waals surface area contributed by atoms with Gasteiger partial charge in [0, 0.05) is 6.54 Å². The SMILES string of the molecule is CCCCNc1sc(C(N)=O)c(N)c1SC. The number of carbonyl (C=O) groups excluding carboxylic acids is 1. The minimum Gasteiger partial charge on any atom is -0.396 e. The highest BCUT2D eigenvalue weighted by atomic mass is 32.2. The van der Waals surface area contributed by atoms with E-state index in [1.807, 2.05) is 6.26 Å². The van der Waals surface area contributed by atoms with Crippen LogP contribution in [0.3, 0.4) is 0 Å². The van der Waals surface area contributed by atoms with E-state index in [0.717, 1.165) is 29.3 Å². The molecule has 1 heterocycles. The van der Waals surface area contributed by atoms with Gasteiger partial charge < -0.3 is 16.8 Å². The fraction of sp³-hybridized carbons (Fsp3) is 0.500. The summed E-state index contributed by atoms with van der Waals surface area (Å²) in [4.78, 5) is 12.5. The fourth-order valence-electron chi connectivity index (χ4n) is 1.31. The van der Waals surface area contributed by atoms with Gasteiger partial charge in [0.05, 0.1) is 10.6 Å². The number of primary amides is 1. The summed E-state index contributed by atoms with van der Waals surface area (Å²) < 4.78 is 0. The normalized spacial score (nSPS) is 10.4. The third-order valence-corrected chi connectivity index (χ3v) is 4.28. The number of hydrogen-bond acceptors (Lipinski definition) is 5. The Bertz CT molecular complexity index is 376. The summed E-state index contributed by atoms with van der Waals surface area (Å²) in [5, 5.41) is 4.24. The molecule has 0 saturated heterocycles. The maximum absolute atomic E-state index is 11.1. The van der Waals surface area contributed by atoms with Crippen LogP contribution in [0.5, 0.6) is 0 Å². The highest BCUT2D eigenvalue weighted by Gasteiger charge is 2.18. The third-order valence-electron chi connectivity index (χ3n) is 2.14. The van der Waals surface area contributed by atoms with E-state index in [2.05, 4.69) is 12.2 Å². The Balaban J connectivity index is 2.90. The number of anilines is 2. The number of amides is 1. The lowest BCUT2D eigenvalue weighted by Gasteiger charge is -2.04. The molecule has 1 rings (SSSR count). The van der Waals surface area contributed by atoms with Gasteiger partial charge >= 0.3 is 0 Å². The maximum Gasteiger partial charge on any atom is 0.261 e. The number of carbonyl (C=O) groups is 1. The number of rotatable bonds is 6. The Kier molecular flexibility index (Phi) is 4.95. The molecular weight excluding hydrogens is 242 g/mol. The summed E-state index contributed by atoms with van der Waals surface area (Å²) >= 11 is 2.87. The topological polar surface area (TPSA) is 81.1 Å². The van der Waals surface area contributed by atoms with E-state index >= 15 is 0 Å². The first kappa shape index (κ1) is 13.2. The predicted molar refractivity (Wildman–Crippen MR) is 72.4 cm³/mol. The van der Waals surface area contributed by atoms with Crippen LogP contribution in [0, 0.1) is 0 Å². The molecule has 0 saturated carbocycles. The smallest absolute Gasteiger partial charge is 0.261 e. The molecule has 1 amide bonds. The summed E-state index contributed by atoms with van der Waals surface area (Å²) in [6.07, 6.45) is 4.16. The molecule has 5 N–H and O–H groups in total. The molecule has 0 unspecified atom stereocenters. The van der Waals surface area contributed by atoms with E-state index in [9.17, 15) is 4.79 Å². The summed E-state index contributed by atoms with van der Waals surface area (Å²) in [7, 11) is 0. The third kappa shape index (κ3) is 2.82. The van der Waals surface area contributed by atoms with E-state index in [-0.39, 0.29) is 0 Å². The molecular formula is C10H17N3OS2. The van der Waals surface area contributed by atoms with Gasteiger partial charge in [-0.2, -0.15) is 0 Å². The molecule has 6 heteroatoms. The Morgan fingerprint density at radius 3 is 2.75 bits per heavy atom. The Hall–Kier alpha value is -0.880. The van der Waals surface area contributed by atoms with Gasteiger partial charge in [0.1, 0.15) is 9.88 Å². The van der Waals surface area contributed by atoms with Crippen LogP contribution in [0.2, 0.25) is 0 Å². The highest BCUT2D eigenvalue weighted by molar-refractivity contribution is 7.99. The van der Waals surface area contributed by atoms with Gasteiger partial charge in [-0.1, -0.05) is 13.3 Å². The number of hydrogen-bond donors (Lipinski definition) is 3. The van der Waals surface area contributed by atoms with E-state index in [1.165, 1.54) is 23.1 Å². The Morgan fingerprint density at radius 2 is 2.25 bits per heavy atom. The number of thioether (sulfide) groups is 1. The second kappa shape index (κ2) is 6.00.